The predicted molar refractivity (Wildman–Crippen MR) is 109 cm³/mol. The molecular formula is C21H18N4O2S. The van der Waals surface area contributed by atoms with Crippen LogP contribution in [0.15, 0.2) is 64.1 Å². The number of carbonyl (C=O) groups excluding carboxylic acids is 1. The zero-order valence-electron chi connectivity index (χ0n) is 15.5. The van der Waals surface area contributed by atoms with Gasteiger partial charge in [-0.2, -0.15) is 4.98 Å². The first kappa shape index (κ1) is 18.2. The number of nitrogens with one attached hydrogen (secondary N) is 1. The number of hydrogen-bond donors (Lipinski definition) is 1. The van der Waals surface area contributed by atoms with Crippen molar-refractivity contribution >= 4 is 34.3 Å². The minimum absolute atomic E-state index is 0.165. The SMILES string of the molecule is Cc1nc(CSc2ccccc2C(=O)Nc2ccc(C)c3ncccc23)no1. The predicted octanol–water partition coefficient (Wildman–Crippen LogP) is 4.78. The number of fused-ring (bicyclic) bond motifs is 1. The summed E-state index contributed by atoms with van der Waals surface area (Å²) in [6.45, 7) is 3.76. The molecule has 0 aliphatic rings. The van der Waals surface area contributed by atoms with Crippen LogP contribution in [0.2, 0.25) is 0 Å². The summed E-state index contributed by atoms with van der Waals surface area (Å²) in [6, 6.07) is 15.2. The molecular weight excluding hydrogens is 372 g/mol. The normalized spacial score (nSPS) is 10.9. The second kappa shape index (κ2) is 7.82. The van der Waals surface area contributed by atoms with E-state index < -0.39 is 0 Å². The summed E-state index contributed by atoms with van der Waals surface area (Å²) in [5, 5.41) is 7.85. The van der Waals surface area contributed by atoms with Crippen molar-refractivity contribution in [3.05, 3.63) is 77.6 Å². The van der Waals surface area contributed by atoms with Gasteiger partial charge in [0.15, 0.2) is 5.82 Å². The Bertz CT molecular complexity index is 1160. The van der Waals surface area contributed by atoms with Gasteiger partial charge < -0.3 is 9.84 Å². The zero-order chi connectivity index (χ0) is 19.5. The summed E-state index contributed by atoms with van der Waals surface area (Å²) in [5.74, 6) is 1.50. The van der Waals surface area contributed by atoms with Crippen molar-refractivity contribution in [3.63, 3.8) is 0 Å². The van der Waals surface area contributed by atoms with Gasteiger partial charge in [0.1, 0.15) is 0 Å². The minimum atomic E-state index is -0.165. The third-order valence-corrected chi connectivity index (χ3v) is 5.35. The highest BCUT2D eigenvalue weighted by atomic mass is 32.2. The zero-order valence-corrected chi connectivity index (χ0v) is 16.3. The number of benzene rings is 2. The molecule has 0 unspecified atom stereocenters. The highest BCUT2D eigenvalue weighted by Gasteiger charge is 2.14. The fourth-order valence-corrected chi connectivity index (χ4v) is 3.83. The van der Waals surface area contributed by atoms with Crippen molar-refractivity contribution < 1.29 is 9.32 Å². The fraction of sp³-hybridized carbons (Fsp3) is 0.143. The van der Waals surface area contributed by atoms with Crippen molar-refractivity contribution in [2.75, 3.05) is 5.32 Å². The van der Waals surface area contributed by atoms with Gasteiger partial charge in [-0.1, -0.05) is 23.4 Å². The molecule has 1 N–H and O–H groups in total. The number of pyridine rings is 1. The van der Waals surface area contributed by atoms with E-state index in [1.165, 1.54) is 11.8 Å². The Hall–Kier alpha value is -3.19. The van der Waals surface area contributed by atoms with Crippen molar-refractivity contribution in [3.8, 4) is 0 Å². The van der Waals surface area contributed by atoms with Gasteiger partial charge in [0.25, 0.3) is 5.91 Å². The molecule has 28 heavy (non-hydrogen) atoms. The maximum Gasteiger partial charge on any atom is 0.256 e. The van der Waals surface area contributed by atoms with E-state index in [2.05, 4.69) is 20.4 Å². The third kappa shape index (κ3) is 3.75. The van der Waals surface area contributed by atoms with Gasteiger partial charge in [0.05, 0.1) is 22.5 Å². The van der Waals surface area contributed by atoms with E-state index in [4.69, 9.17) is 4.52 Å². The van der Waals surface area contributed by atoms with Gasteiger partial charge in [0, 0.05) is 23.4 Å². The molecule has 2 aromatic carbocycles. The van der Waals surface area contributed by atoms with E-state index in [1.54, 1.807) is 13.1 Å². The van der Waals surface area contributed by atoms with Crippen LogP contribution < -0.4 is 5.32 Å². The van der Waals surface area contributed by atoms with E-state index >= 15 is 0 Å². The van der Waals surface area contributed by atoms with Gasteiger partial charge >= 0.3 is 0 Å². The van der Waals surface area contributed by atoms with Crippen LogP contribution in [0.5, 0.6) is 0 Å². The van der Waals surface area contributed by atoms with E-state index in [-0.39, 0.29) is 5.91 Å². The average molecular weight is 390 g/mol. The lowest BCUT2D eigenvalue weighted by atomic mass is 10.1. The first-order valence-corrected chi connectivity index (χ1v) is 9.77. The molecule has 4 rings (SSSR count). The Kier molecular flexibility index (Phi) is 5.08. The van der Waals surface area contributed by atoms with Crippen molar-refractivity contribution in [1.82, 2.24) is 15.1 Å². The Labute approximate surface area is 166 Å². The van der Waals surface area contributed by atoms with Crippen molar-refractivity contribution in [2.24, 2.45) is 0 Å². The monoisotopic (exact) mass is 390 g/mol. The molecule has 0 atom stereocenters. The molecule has 0 saturated carbocycles. The maximum atomic E-state index is 13.0. The van der Waals surface area contributed by atoms with Crippen LogP contribution in [0.3, 0.4) is 0 Å². The number of aromatic nitrogens is 3. The lowest BCUT2D eigenvalue weighted by Crippen LogP contribution is -2.13. The number of rotatable bonds is 5. The molecule has 6 nitrogen and oxygen atoms in total. The lowest BCUT2D eigenvalue weighted by Gasteiger charge is -2.12. The fourth-order valence-electron chi connectivity index (χ4n) is 2.93. The summed E-state index contributed by atoms with van der Waals surface area (Å²) < 4.78 is 5.00. The van der Waals surface area contributed by atoms with Crippen LogP contribution in [-0.4, -0.2) is 21.0 Å². The Morgan fingerprint density at radius 2 is 1.96 bits per heavy atom. The third-order valence-electron chi connectivity index (χ3n) is 4.28. The highest BCUT2D eigenvalue weighted by molar-refractivity contribution is 7.98. The Balaban J connectivity index is 1.58. The summed E-state index contributed by atoms with van der Waals surface area (Å²) >= 11 is 1.50. The van der Waals surface area contributed by atoms with Gasteiger partial charge in [-0.25, -0.2) is 0 Å². The molecule has 2 aromatic heterocycles. The minimum Gasteiger partial charge on any atom is -0.340 e. The first-order chi connectivity index (χ1) is 13.6. The number of hydrogen-bond acceptors (Lipinski definition) is 6. The average Bonchev–Trinajstić information content (AvgIpc) is 3.14. The molecule has 2 heterocycles. The van der Waals surface area contributed by atoms with Gasteiger partial charge in [-0.15, -0.1) is 11.8 Å². The van der Waals surface area contributed by atoms with E-state index in [1.807, 2.05) is 55.5 Å². The molecule has 0 fully saturated rings. The standard InChI is InChI=1S/C21H18N4O2S/c1-13-9-10-17(15-7-5-11-22-20(13)15)24-21(26)16-6-3-4-8-18(16)28-12-19-23-14(2)27-25-19/h3-11H,12H2,1-2H3,(H,24,26). The number of aryl methyl sites for hydroxylation is 2. The van der Waals surface area contributed by atoms with Gasteiger partial charge in [0.2, 0.25) is 5.89 Å². The van der Waals surface area contributed by atoms with Crippen LogP contribution in [0.25, 0.3) is 10.9 Å². The molecule has 0 aliphatic heterocycles. The van der Waals surface area contributed by atoms with E-state index in [0.29, 0.717) is 23.0 Å². The number of amides is 1. The summed E-state index contributed by atoms with van der Waals surface area (Å²) in [6.07, 6.45) is 1.76. The van der Waals surface area contributed by atoms with Gasteiger partial charge in [-0.3, -0.25) is 9.78 Å². The smallest absolute Gasteiger partial charge is 0.256 e. The number of thioether (sulfide) groups is 1. The van der Waals surface area contributed by atoms with Crippen molar-refractivity contribution in [1.29, 1.82) is 0 Å². The first-order valence-electron chi connectivity index (χ1n) is 8.78. The molecule has 0 saturated heterocycles. The number of nitrogens with zero attached hydrogens (tertiary/aromatic N) is 3. The number of anilines is 1. The molecule has 0 spiro atoms. The summed E-state index contributed by atoms with van der Waals surface area (Å²) in [4.78, 5) is 22.5. The van der Waals surface area contributed by atoms with Crippen LogP contribution in [-0.2, 0) is 5.75 Å². The quantitative estimate of drug-likeness (QED) is 0.494. The molecule has 140 valence electrons. The van der Waals surface area contributed by atoms with Crippen molar-refractivity contribution in [2.45, 2.75) is 24.5 Å². The Morgan fingerprint density at radius 3 is 2.79 bits per heavy atom. The van der Waals surface area contributed by atoms with Crippen LogP contribution in [0, 0.1) is 13.8 Å². The maximum absolute atomic E-state index is 13.0. The molecule has 7 heteroatoms. The lowest BCUT2D eigenvalue weighted by molar-refractivity contribution is 0.102. The summed E-state index contributed by atoms with van der Waals surface area (Å²) in [5.41, 5.74) is 3.30. The molecule has 0 aliphatic carbocycles. The molecule has 0 radical (unpaired) electrons. The largest absolute Gasteiger partial charge is 0.340 e. The van der Waals surface area contributed by atoms with Crippen LogP contribution in [0.4, 0.5) is 5.69 Å². The second-order valence-electron chi connectivity index (χ2n) is 6.30. The van der Waals surface area contributed by atoms with Crippen LogP contribution >= 0.6 is 11.8 Å². The molecule has 0 bridgehead atoms. The Morgan fingerprint density at radius 1 is 1.11 bits per heavy atom. The van der Waals surface area contributed by atoms with Crippen LogP contribution in [0.1, 0.15) is 27.6 Å². The second-order valence-corrected chi connectivity index (χ2v) is 7.32. The molecule has 4 aromatic rings. The van der Waals surface area contributed by atoms with E-state index in [0.717, 1.165) is 27.0 Å². The summed E-state index contributed by atoms with van der Waals surface area (Å²) in [7, 11) is 0. The van der Waals surface area contributed by atoms with Gasteiger partial charge in [-0.05, 0) is 42.8 Å². The number of carbonyl (C=O) groups is 1. The molecule has 1 amide bonds. The highest BCUT2D eigenvalue weighted by Crippen LogP contribution is 2.28. The van der Waals surface area contributed by atoms with E-state index in [9.17, 15) is 4.79 Å². The topological polar surface area (TPSA) is 80.9 Å².